The molecule has 0 atom stereocenters. The van der Waals surface area contributed by atoms with E-state index in [1.165, 1.54) is 12.3 Å². The summed E-state index contributed by atoms with van der Waals surface area (Å²) >= 11 is 0. The van der Waals surface area contributed by atoms with Crippen molar-refractivity contribution < 1.29 is 22.4 Å². The molecule has 0 aliphatic carbocycles. The van der Waals surface area contributed by atoms with Crippen LogP contribution in [0.2, 0.25) is 0 Å². The minimum Gasteiger partial charge on any atom is -0.369 e. The van der Waals surface area contributed by atoms with Crippen molar-refractivity contribution in [3.05, 3.63) is 89.1 Å². The Kier molecular flexibility index (Phi) is 7.15. The molecule has 1 fully saturated rings. The number of aryl methyl sites for hydroxylation is 1. The van der Waals surface area contributed by atoms with Crippen molar-refractivity contribution in [1.82, 2.24) is 20.8 Å². The molecule has 0 spiro atoms. The zero-order valence-electron chi connectivity index (χ0n) is 21.3. The van der Waals surface area contributed by atoms with Crippen molar-refractivity contribution in [3.8, 4) is 0 Å². The van der Waals surface area contributed by atoms with E-state index >= 15 is 0 Å². The van der Waals surface area contributed by atoms with Crippen LogP contribution in [-0.2, 0) is 6.18 Å². The van der Waals surface area contributed by atoms with Crippen LogP contribution in [0.15, 0.2) is 61.1 Å². The highest BCUT2D eigenvalue weighted by atomic mass is 19.4. The lowest BCUT2D eigenvalue weighted by Crippen LogP contribution is -2.44. The molecule has 39 heavy (non-hydrogen) atoms. The second-order valence-corrected chi connectivity index (χ2v) is 9.55. The van der Waals surface area contributed by atoms with E-state index < -0.39 is 23.5 Å². The molecule has 0 bridgehead atoms. The van der Waals surface area contributed by atoms with Gasteiger partial charge < -0.3 is 20.5 Å². The second-order valence-electron chi connectivity index (χ2n) is 9.55. The maximum absolute atomic E-state index is 13.7. The van der Waals surface area contributed by atoms with Gasteiger partial charge >= 0.3 is 6.18 Å². The van der Waals surface area contributed by atoms with Crippen molar-refractivity contribution in [2.24, 2.45) is 0 Å². The average molecular weight is 542 g/mol. The number of likely N-dealkylation sites (N-methyl/N-ethyl adjacent to an activating group) is 1. The summed E-state index contributed by atoms with van der Waals surface area (Å²) in [5, 5.41) is 4.27. The number of carbonyl (C=O) groups is 1. The topological polar surface area (TPSA) is 75.8 Å². The lowest BCUT2D eigenvalue weighted by Gasteiger charge is -2.34. The Hall–Kier alpha value is -4.16. The predicted molar refractivity (Wildman–Crippen MR) is 141 cm³/mol. The Balaban J connectivity index is 1.39. The SMILES string of the molecule is Cc1ccc(C(=O)Nc2cc(N3CCN(C)CC3)cc(C(F)(F)F)c2)cc1N1C=C(c2cncc(F)c2)NN1. The number of carbonyl (C=O) groups excluding carboxylic acids is 1. The minimum absolute atomic E-state index is 0.0626. The molecule has 3 heterocycles. The number of hydrogen-bond donors (Lipinski definition) is 3. The highest BCUT2D eigenvalue weighted by molar-refractivity contribution is 6.05. The fraction of sp³-hybridized carbons (Fsp3) is 0.259. The van der Waals surface area contributed by atoms with Gasteiger partial charge in [-0.3, -0.25) is 14.8 Å². The molecule has 0 unspecified atom stereocenters. The van der Waals surface area contributed by atoms with Gasteiger partial charge in [0, 0.05) is 61.1 Å². The molecule has 2 aromatic carbocycles. The van der Waals surface area contributed by atoms with Gasteiger partial charge in [-0.2, -0.15) is 13.2 Å². The summed E-state index contributed by atoms with van der Waals surface area (Å²) in [5.41, 5.74) is 8.33. The van der Waals surface area contributed by atoms with Gasteiger partial charge in [-0.1, -0.05) is 6.07 Å². The van der Waals surface area contributed by atoms with E-state index in [1.54, 1.807) is 35.5 Å². The first-order valence-corrected chi connectivity index (χ1v) is 12.3. The van der Waals surface area contributed by atoms with Gasteiger partial charge in [-0.15, -0.1) is 5.53 Å². The van der Waals surface area contributed by atoms with E-state index in [2.05, 4.69) is 26.2 Å². The molecular formula is C27H27F4N7O. The first kappa shape index (κ1) is 26.4. The van der Waals surface area contributed by atoms with E-state index in [-0.39, 0.29) is 11.3 Å². The number of anilines is 3. The highest BCUT2D eigenvalue weighted by Gasteiger charge is 2.32. The van der Waals surface area contributed by atoms with Gasteiger partial charge in [0.1, 0.15) is 5.82 Å². The number of benzene rings is 2. The number of hydrogen-bond acceptors (Lipinski definition) is 7. The van der Waals surface area contributed by atoms with Crippen LogP contribution in [0.25, 0.3) is 5.70 Å². The van der Waals surface area contributed by atoms with E-state index in [9.17, 15) is 22.4 Å². The molecule has 0 saturated carbocycles. The number of halogens is 4. The van der Waals surface area contributed by atoms with Crippen molar-refractivity contribution >= 4 is 28.7 Å². The normalized spacial score (nSPS) is 16.2. The number of hydrazine groups is 2. The molecule has 5 rings (SSSR count). The summed E-state index contributed by atoms with van der Waals surface area (Å²) in [4.78, 5) is 21.0. The van der Waals surface area contributed by atoms with Gasteiger partial charge in [0.05, 0.1) is 23.1 Å². The van der Waals surface area contributed by atoms with Crippen LogP contribution in [0.1, 0.15) is 27.0 Å². The fourth-order valence-corrected chi connectivity index (χ4v) is 4.46. The molecule has 0 radical (unpaired) electrons. The van der Waals surface area contributed by atoms with Crippen molar-refractivity contribution in [2.75, 3.05) is 48.5 Å². The number of nitrogens with zero attached hydrogens (tertiary/aromatic N) is 4. The first-order chi connectivity index (χ1) is 18.6. The van der Waals surface area contributed by atoms with Crippen LogP contribution in [-0.4, -0.2) is 49.0 Å². The van der Waals surface area contributed by atoms with Crippen LogP contribution in [0.3, 0.4) is 0 Å². The summed E-state index contributed by atoms with van der Waals surface area (Å²) in [5.74, 6) is -1.03. The Morgan fingerprint density at radius 2 is 1.79 bits per heavy atom. The Labute approximate surface area is 222 Å². The predicted octanol–water partition coefficient (Wildman–Crippen LogP) is 4.38. The molecule has 1 aromatic heterocycles. The van der Waals surface area contributed by atoms with E-state index in [4.69, 9.17) is 0 Å². The van der Waals surface area contributed by atoms with Crippen LogP contribution in [0.5, 0.6) is 0 Å². The van der Waals surface area contributed by atoms with Gasteiger partial charge in [0.2, 0.25) is 0 Å². The third-order valence-electron chi connectivity index (χ3n) is 6.69. The quantitative estimate of drug-likeness (QED) is 0.414. The van der Waals surface area contributed by atoms with Gasteiger partial charge in [0.25, 0.3) is 5.91 Å². The maximum Gasteiger partial charge on any atom is 0.416 e. The molecule has 2 aliphatic heterocycles. The molecule has 3 N–H and O–H groups in total. The second kappa shape index (κ2) is 10.5. The van der Waals surface area contributed by atoms with E-state index in [1.807, 2.05) is 18.9 Å². The summed E-state index contributed by atoms with van der Waals surface area (Å²) < 4.78 is 54.7. The number of pyridine rings is 1. The molecular weight excluding hydrogens is 514 g/mol. The molecule has 1 saturated heterocycles. The number of rotatable bonds is 5. The standard InChI is InChI=1S/C27H27F4N7O/c1-17-3-4-18(10-25(17)38-16-24(34-35-38)19-9-21(28)15-32-14-19)26(39)33-22-11-20(27(29,30)31)12-23(13-22)37-7-5-36(2)6-8-37/h3-4,9-16,34-35H,5-8H2,1-2H3,(H,33,39). The van der Waals surface area contributed by atoms with Gasteiger partial charge in [-0.25, -0.2) is 4.39 Å². The molecule has 204 valence electrons. The number of aromatic nitrogens is 1. The zero-order valence-corrected chi connectivity index (χ0v) is 21.3. The molecule has 3 aromatic rings. The number of nitrogens with one attached hydrogen (secondary N) is 3. The van der Waals surface area contributed by atoms with E-state index in [0.717, 1.165) is 37.0 Å². The number of amides is 1. The third kappa shape index (κ3) is 5.96. The Morgan fingerprint density at radius 1 is 1.03 bits per heavy atom. The van der Waals surface area contributed by atoms with Gasteiger partial charge in [-0.05, 0) is 55.9 Å². The molecule has 12 heteroatoms. The number of piperazine rings is 1. The maximum atomic E-state index is 13.7. The van der Waals surface area contributed by atoms with Gasteiger partial charge in [0.15, 0.2) is 0 Å². The monoisotopic (exact) mass is 541 g/mol. The van der Waals surface area contributed by atoms with Crippen LogP contribution in [0, 0.1) is 12.7 Å². The summed E-state index contributed by atoms with van der Waals surface area (Å²) in [6, 6.07) is 9.94. The van der Waals surface area contributed by atoms with Crippen molar-refractivity contribution in [3.63, 3.8) is 0 Å². The lowest BCUT2D eigenvalue weighted by molar-refractivity contribution is -0.137. The highest BCUT2D eigenvalue weighted by Crippen LogP contribution is 2.35. The van der Waals surface area contributed by atoms with Crippen molar-refractivity contribution in [2.45, 2.75) is 13.1 Å². The van der Waals surface area contributed by atoms with E-state index in [0.29, 0.717) is 35.7 Å². The Morgan fingerprint density at radius 3 is 2.51 bits per heavy atom. The number of alkyl halides is 3. The molecule has 8 nitrogen and oxygen atoms in total. The summed E-state index contributed by atoms with van der Waals surface area (Å²) in [7, 11) is 1.97. The minimum atomic E-state index is -4.56. The summed E-state index contributed by atoms with van der Waals surface area (Å²) in [6.07, 6.45) is -0.255. The summed E-state index contributed by atoms with van der Waals surface area (Å²) in [6.45, 7) is 4.49. The van der Waals surface area contributed by atoms with Crippen molar-refractivity contribution in [1.29, 1.82) is 0 Å². The first-order valence-electron chi connectivity index (χ1n) is 12.3. The average Bonchev–Trinajstić information content (AvgIpc) is 3.39. The fourth-order valence-electron chi connectivity index (χ4n) is 4.46. The Bertz CT molecular complexity index is 1420. The van der Waals surface area contributed by atoms with Crippen LogP contribution >= 0.6 is 0 Å². The molecule has 2 aliphatic rings. The zero-order chi connectivity index (χ0) is 27.7. The molecule has 1 amide bonds. The third-order valence-corrected chi connectivity index (χ3v) is 6.69. The largest absolute Gasteiger partial charge is 0.416 e. The van der Waals surface area contributed by atoms with Crippen LogP contribution < -0.4 is 26.2 Å². The smallest absolute Gasteiger partial charge is 0.369 e. The van der Waals surface area contributed by atoms with Crippen LogP contribution in [0.4, 0.5) is 34.6 Å². The lowest BCUT2D eigenvalue weighted by atomic mass is 10.1.